The maximum atomic E-state index is 12.5. The topological polar surface area (TPSA) is 62.7 Å². The van der Waals surface area contributed by atoms with Gasteiger partial charge in [-0.05, 0) is 25.0 Å². The Balaban J connectivity index is 2.96. The second kappa shape index (κ2) is 7.74. The van der Waals surface area contributed by atoms with Crippen LogP contribution < -0.4 is 0 Å². The van der Waals surface area contributed by atoms with E-state index in [1.165, 1.54) is 12.3 Å². The van der Waals surface area contributed by atoms with Crippen molar-refractivity contribution in [3.05, 3.63) is 24.0 Å². The van der Waals surface area contributed by atoms with Gasteiger partial charge in [-0.2, -0.15) is 0 Å². The molecule has 1 aromatic heterocycles. The molecule has 0 spiro atoms. The average molecular weight is 266 g/mol. The highest BCUT2D eigenvalue weighted by molar-refractivity contribution is 5.95. The first-order valence-electron chi connectivity index (χ1n) is 6.59. The number of ether oxygens (including phenoxy) is 1. The quantitative estimate of drug-likeness (QED) is 0.820. The van der Waals surface area contributed by atoms with Crippen LogP contribution in [0.4, 0.5) is 0 Å². The monoisotopic (exact) mass is 266 g/mol. The van der Waals surface area contributed by atoms with Gasteiger partial charge in [-0.1, -0.05) is 13.8 Å². The Hall–Kier alpha value is -1.62. The summed E-state index contributed by atoms with van der Waals surface area (Å²) in [6, 6.07) is 3.20. The normalized spacial score (nSPS) is 10.7. The third-order valence-corrected chi connectivity index (χ3v) is 3.17. The molecule has 0 radical (unpaired) electrons. The summed E-state index contributed by atoms with van der Waals surface area (Å²) in [6.07, 6.45) is 3.23. The van der Waals surface area contributed by atoms with Crippen molar-refractivity contribution in [3.63, 3.8) is 0 Å². The summed E-state index contributed by atoms with van der Waals surface area (Å²) in [6.45, 7) is 5.05. The van der Waals surface area contributed by atoms with Gasteiger partial charge in [-0.25, -0.2) is 4.98 Å². The largest absolute Gasteiger partial charge is 0.505 e. The summed E-state index contributed by atoms with van der Waals surface area (Å²) in [5.41, 5.74) is 0.102. The molecule has 106 valence electrons. The number of carbonyl (C=O) groups is 1. The summed E-state index contributed by atoms with van der Waals surface area (Å²) in [4.78, 5) is 18.2. The van der Waals surface area contributed by atoms with Crippen LogP contribution in [0.1, 0.15) is 37.2 Å². The third kappa shape index (κ3) is 3.92. The number of rotatable bonds is 7. The fourth-order valence-corrected chi connectivity index (χ4v) is 2.07. The van der Waals surface area contributed by atoms with Gasteiger partial charge in [0.05, 0.1) is 6.61 Å². The fourth-order valence-electron chi connectivity index (χ4n) is 2.07. The smallest absolute Gasteiger partial charge is 0.276 e. The van der Waals surface area contributed by atoms with Crippen molar-refractivity contribution in [1.29, 1.82) is 0 Å². The fraction of sp³-hybridized carbons (Fsp3) is 0.571. The van der Waals surface area contributed by atoms with Gasteiger partial charge in [0.15, 0.2) is 5.69 Å². The summed E-state index contributed by atoms with van der Waals surface area (Å²) < 4.78 is 5.05. The van der Waals surface area contributed by atoms with Crippen molar-refractivity contribution in [3.8, 4) is 5.75 Å². The zero-order chi connectivity index (χ0) is 14.3. The second-order valence-corrected chi connectivity index (χ2v) is 4.33. The van der Waals surface area contributed by atoms with Gasteiger partial charge in [0, 0.05) is 25.9 Å². The molecule has 0 aromatic carbocycles. The minimum atomic E-state index is -0.246. The molecule has 0 aliphatic rings. The summed E-state index contributed by atoms with van der Waals surface area (Å²) in [5.74, 6) is -0.329. The van der Waals surface area contributed by atoms with Crippen molar-refractivity contribution in [1.82, 2.24) is 9.88 Å². The molecule has 5 nitrogen and oxygen atoms in total. The molecule has 19 heavy (non-hydrogen) atoms. The van der Waals surface area contributed by atoms with Gasteiger partial charge in [-0.15, -0.1) is 0 Å². The Labute approximate surface area is 114 Å². The van der Waals surface area contributed by atoms with Crippen LogP contribution >= 0.6 is 0 Å². The van der Waals surface area contributed by atoms with Gasteiger partial charge in [0.1, 0.15) is 5.75 Å². The SMILES string of the molecule is CCC(CC)N(CCOC)C(=O)c1ncccc1O. The van der Waals surface area contributed by atoms with Crippen LogP contribution in [-0.2, 0) is 4.74 Å². The number of hydrogen-bond donors (Lipinski definition) is 1. The molecular weight excluding hydrogens is 244 g/mol. The van der Waals surface area contributed by atoms with Crippen LogP contribution in [0, 0.1) is 0 Å². The molecule has 1 rings (SSSR count). The van der Waals surface area contributed by atoms with Crippen LogP contribution in [0.3, 0.4) is 0 Å². The number of pyridine rings is 1. The highest BCUT2D eigenvalue weighted by atomic mass is 16.5. The van der Waals surface area contributed by atoms with Gasteiger partial charge < -0.3 is 14.7 Å². The lowest BCUT2D eigenvalue weighted by atomic mass is 10.1. The lowest BCUT2D eigenvalue weighted by Gasteiger charge is -2.30. The second-order valence-electron chi connectivity index (χ2n) is 4.33. The maximum Gasteiger partial charge on any atom is 0.276 e. The van der Waals surface area contributed by atoms with Gasteiger partial charge in [-0.3, -0.25) is 4.79 Å². The molecule has 0 saturated carbocycles. The van der Waals surface area contributed by atoms with E-state index in [1.54, 1.807) is 18.1 Å². The molecular formula is C14H22N2O3. The zero-order valence-electron chi connectivity index (χ0n) is 11.8. The van der Waals surface area contributed by atoms with E-state index >= 15 is 0 Å². The Morgan fingerprint density at radius 2 is 2.16 bits per heavy atom. The van der Waals surface area contributed by atoms with Crippen LogP contribution in [0.15, 0.2) is 18.3 Å². The van der Waals surface area contributed by atoms with Crippen molar-refractivity contribution < 1.29 is 14.6 Å². The first-order valence-corrected chi connectivity index (χ1v) is 6.59. The predicted molar refractivity (Wildman–Crippen MR) is 73.2 cm³/mol. The van der Waals surface area contributed by atoms with Crippen molar-refractivity contribution >= 4 is 5.91 Å². The Morgan fingerprint density at radius 3 is 2.68 bits per heavy atom. The number of carbonyl (C=O) groups excluding carboxylic acids is 1. The van der Waals surface area contributed by atoms with Gasteiger partial charge in [0.25, 0.3) is 5.91 Å². The summed E-state index contributed by atoms with van der Waals surface area (Å²) in [5, 5.41) is 9.74. The summed E-state index contributed by atoms with van der Waals surface area (Å²) in [7, 11) is 1.60. The van der Waals surface area contributed by atoms with E-state index in [0.29, 0.717) is 13.2 Å². The van der Waals surface area contributed by atoms with Crippen molar-refractivity contribution in [2.45, 2.75) is 32.7 Å². The maximum absolute atomic E-state index is 12.5. The number of aromatic nitrogens is 1. The Bertz CT molecular complexity index is 405. The Kier molecular flexibility index (Phi) is 6.29. The average Bonchev–Trinajstić information content (AvgIpc) is 2.43. The minimum Gasteiger partial charge on any atom is -0.505 e. The lowest BCUT2D eigenvalue weighted by Crippen LogP contribution is -2.42. The molecule has 0 unspecified atom stereocenters. The highest BCUT2D eigenvalue weighted by Crippen LogP contribution is 2.18. The zero-order valence-corrected chi connectivity index (χ0v) is 11.8. The standard InChI is InChI=1S/C14H22N2O3/c1-4-11(5-2)16(9-10-19-3)14(18)13-12(17)7-6-8-15-13/h6-8,11,17H,4-5,9-10H2,1-3H3. The van der Waals surface area contributed by atoms with Crippen LogP contribution in [0.25, 0.3) is 0 Å². The molecule has 5 heteroatoms. The molecule has 0 saturated heterocycles. The molecule has 0 aliphatic heterocycles. The molecule has 1 aromatic rings. The molecule has 1 heterocycles. The van der Waals surface area contributed by atoms with Crippen LogP contribution in [0.5, 0.6) is 5.75 Å². The first-order chi connectivity index (χ1) is 9.15. The van der Waals surface area contributed by atoms with Crippen LogP contribution in [-0.4, -0.2) is 47.2 Å². The van der Waals surface area contributed by atoms with Gasteiger partial charge >= 0.3 is 0 Å². The van der Waals surface area contributed by atoms with E-state index in [4.69, 9.17) is 4.74 Å². The molecule has 0 bridgehead atoms. The molecule has 0 fully saturated rings. The van der Waals surface area contributed by atoms with E-state index in [9.17, 15) is 9.90 Å². The van der Waals surface area contributed by atoms with E-state index in [-0.39, 0.29) is 23.4 Å². The summed E-state index contributed by atoms with van der Waals surface area (Å²) >= 11 is 0. The molecule has 0 aliphatic carbocycles. The number of nitrogens with zero attached hydrogens (tertiary/aromatic N) is 2. The first kappa shape index (κ1) is 15.4. The number of aromatic hydroxyl groups is 1. The van der Waals surface area contributed by atoms with E-state index in [1.807, 2.05) is 13.8 Å². The van der Waals surface area contributed by atoms with E-state index < -0.39 is 0 Å². The molecule has 0 atom stereocenters. The highest BCUT2D eigenvalue weighted by Gasteiger charge is 2.25. The Morgan fingerprint density at radius 1 is 1.47 bits per heavy atom. The minimum absolute atomic E-state index is 0.0825. The van der Waals surface area contributed by atoms with Crippen molar-refractivity contribution in [2.75, 3.05) is 20.3 Å². The third-order valence-electron chi connectivity index (χ3n) is 3.17. The molecule has 1 amide bonds. The van der Waals surface area contributed by atoms with Crippen LogP contribution in [0.2, 0.25) is 0 Å². The number of methoxy groups -OCH3 is 1. The molecule has 1 N–H and O–H groups in total. The predicted octanol–water partition coefficient (Wildman–Crippen LogP) is 2.06. The lowest BCUT2D eigenvalue weighted by molar-refractivity contribution is 0.0580. The van der Waals surface area contributed by atoms with Crippen molar-refractivity contribution in [2.24, 2.45) is 0 Å². The number of amides is 1. The van der Waals surface area contributed by atoms with E-state index in [2.05, 4.69) is 4.98 Å². The number of hydrogen-bond acceptors (Lipinski definition) is 4. The van der Waals surface area contributed by atoms with Gasteiger partial charge in [0.2, 0.25) is 0 Å². The van der Waals surface area contributed by atoms with E-state index in [0.717, 1.165) is 12.8 Å².